The van der Waals surface area contributed by atoms with Crippen molar-refractivity contribution in [3.63, 3.8) is 0 Å². The molecule has 0 bridgehead atoms. The number of thioether (sulfide) groups is 1. The number of benzene rings is 3. The molecule has 0 aliphatic heterocycles. The van der Waals surface area contributed by atoms with E-state index in [1.165, 1.54) is 11.8 Å². The first-order valence-electron chi connectivity index (χ1n) is 11.9. The summed E-state index contributed by atoms with van der Waals surface area (Å²) in [4.78, 5) is 25.4. The zero-order valence-corrected chi connectivity index (χ0v) is 22.5. The molecule has 4 rings (SSSR count). The molecule has 1 heterocycles. The Bertz CT molecular complexity index is 1420. The highest BCUT2D eigenvalue weighted by Gasteiger charge is 2.18. The summed E-state index contributed by atoms with van der Waals surface area (Å²) in [7, 11) is 3.17. The first-order valence-corrected chi connectivity index (χ1v) is 12.9. The van der Waals surface area contributed by atoms with Crippen molar-refractivity contribution in [2.45, 2.75) is 25.5 Å². The molecule has 9 nitrogen and oxygen atoms in total. The number of carbonyl (C=O) groups is 2. The lowest BCUT2D eigenvalue weighted by atomic mass is 10.1. The third kappa shape index (κ3) is 6.51. The van der Waals surface area contributed by atoms with Gasteiger partial charge >= 0.3 is 0 Å². The molecular weight excluding hydrogens is 502 g/mol. The van der Waals surface area contributed by atoms with Crippen molar-refractivity contribution in [2.24, 2.45) is 0 Å². The Hall–Kier alpha value is -4.31. The van der Waals surface area contributed by atoms with Crippen molar-refractivity contribution in [3.8, 4) is 17.2 Å². The third-order valence-corrected chi connectivity index (χ3v) is 6.72. The number of aromatic nitrogens is 3. The molecule has 0 radical (unpaired) electrons. The number of rotatable bonds is 10. The number of carbonyl (C=O) groups excluding carboxylic acids is 2. The summed E-state index contributed by atoms with van der Waals surface area (Å²) in [6, 6.07) is 20.2. The zero-order valence-electron chi connectivity index (χ0n) is 21.6. The molecule has 0 atom stereocenters. The fourth-order valence-corrected chi connectivity index (χ4v) is 4.46. The van der Waals surface area contributed by atoms with Crippen LogP contribution >= 0.6 is 11.8 Å². The molecule has 0 aliphatic rings. The van der Waals surface area contributed by atoms with E-state index in [9.17, 15) is 9.59 Å². The summed E-state index contributed by atoms with van der Waals surface area (Å²) in [6.07, 6.45) is 0. The van der Waals surface area contributed by atoms with Crippen LogP contribution in [-0.2, 0) is 11.3 Å². The monoisotopic (exact) mass is 531 g/mol. The van der Waals surface area contributed by atoms with Crippen LogP contribution in [0.1, 0.15) is 27.3 Å². The molecule has 0 saturated carbocycles. The third-order valence-electron chi connectivity index (χ3n) is 5.79. The first kappa shape index (κ1) is 26.7. The minimum Gasteiger partial charge on any atom is -0.497 e. The van der Waals surface area contributed by atoms with Gasteiger partial charge in [0.2, 0.25) is 5.91 Å². The maximum absolute atomic E-state index is 12.7. The molecule has 0 saturated heterocycles. The molecule has 0 spiro atoms. The van der Waals surface area contributed by atoms with Crippen molar-refractivity contribution in [2.75, 3.05) is 25.3 Å². The van der Waals surface area contributed by atoms with Crippen LogP contribution < -0.4 is 20.1 Å². The Morgan fingerprint density at radius 2 is 1.55 bits per heavy atom. The quantitative estimate of drug-likeness (QED) is 0.289. The standard InChI is InChI=1S/C28H29N5O4S/c1-18-5-6-19(2)24(15-18)30-26(34)17-38-28-32-31-25(33(28)21-9-13-23(37-4)14-10-21)16-29-27(35)20-7-11-22(36-3)12-8-20/h5-15H,16-17H2,1-4H3,(H,29,35)(H,30,34). The van der Waals surface area contributed by atoms with Gasteiger partial charge in [0.15, 0.2) is 11.0 Å². The van der Waals surface area contributed by atoms with Crippen LogP contribution in [0.2, 0.25) is 0 Å². The molecule has 0 fully saturated rings. The lowest BCUT2D eigenvalue weighted by Gasteiger charge is -2.12. The molecule has 196 valence electrons. The van der Waals surface area contributed by atoms with E-state index >= 15 is 0 Å². The van der Waals surface area contributed by atoms with Gasteiger partial charge in [-0.2, -0.15) is 0 Å². The summed E-state index contributed by atoms with van der Waals surface area (Å²) in [5, 5.41) is 15.0. The number of aryl methyl sites for hydroxylation is 2. The number of amides is 2. The van der Waals surface area contributed by atoms with Crippen LogP contribution in [0, 0.1) is 13.8 Å². The smallest absolute Gasteiger partial charge is 0.251 e. The molecule has 10 heteroatoms. The maximum Gasteiger partial charge on any atom is 0.251 e. The lowest BCUT2D eigenvalue weighted by Crippen LogP contribution is -2.24. The molecule has 1 aromatic heterocycles. The molecular formula is C28H29N5O4S. The predicted molar refractivity (Wildman–Crippen MR) is 147 cm³/mol. The van der Waals surface area contributed by atoms with E-state index in [2.05, 4.69) is 20.8 Å². The molecule has 2 N–H and O–H groups in total. The summed E-state index contributed by atoms with van der Waals surface area (Å²) < 4.78 is 12.3. The van der Waals surface area contributed by atoms with Gasteiger partial charge in [0.05, 0.1) is 26.5 Å². The average molecular weight is 532 g/mol. The van der Waals surface area contributed by atoms with Crippen molar-refractivity contribution in [1.29, 1.82) is 0 Å². The van der Waals surface area contributed by atoms with Gasteiger partial charge in [-0.25, -0.2) is 0 Å². The van der Waals surface area contributed by atoms with Crippen LogP contribution in [0.5, 0.6) is 11.5 Å². The van der Waals surface area contributed by atoms with Gasteiger partial charge in [0.1, 0.15) is 11.5 Å². The largest absolute Gasteiger partial charge is 0.497 e. The Morgan fingerprint density at radius 1 is 0.895 bits per heavy atom. The van der Waals surface area contributed by atoms with E-state index < -0.39 is 0 Å². The van der Waals surface area contributed by atoms with Crippen LogP contribution in [0.15, 0.2) is 71.9 Å². The second-order valence-corrected chi connectivity index (χ2v) is 9.44. The molecule has 3 aromatic carbocycles. The van der Waals surface area contributed by atoms with E-state index in [0.717, 1.165) is 22.5 Å². The van der Waals surface area contributed by atoms with Crippen molar-refractivity contribution in [3.05, 3.63) is 89.2 Å². The highest BCUT2D eigenvalue weighted by Crippen LogP contribution is 2.25. The maximum atomic E-state index is 12.7. The minimum absolute atomic E-state index is 0.138. The molecule has 0 unspecified atom stereocenters. The van der Waals surface area contributed by atoms with Gasteiger partial charge in [-0.3, -0.25) is 14.2 Å². The van der Waals surface area contributed by atoms with Gasteiger partial charge in [0.25, 0.3) is 5.91 Å². The van der Waals surface area contributed by atoms with E-state index in [4.69, 9.17) is 9.47 Å². The molecule has 0 aliphatic carbocycles. The molecule has 4 aromatic rings. The minimum atomic E-state index is -0.251. The number of anilines is 1. The summed E-state index contributed by atoms with van der Waals surface area (Å²) in [5.41, 5.74) is 4.12. The Balaban J connectivity index is 1.51. The molecule has 38 heavy (non-hydrogen) atoms. The van der Waals surface area contributed by atoms with E-state index in [1.807, 2.05) is 60.9 Å². The number of nitrogens with zero attached hydrogens (tertiary/aromatic N) is 3. The van der Waals surface area contributed by atoms with Gasteiger partial charge in [-0.15, -0.1) is 10.2 Å². The van der Waals surface area contributed by atoms with E-state index in [-0.39, 0.29) is 24.1 Å². The predicted octanol–water partition coefficient (Wildman–Crippen LogP) is 4.56. The highest BCUT2D eigenvalue weighted by molar-refractivity contribution is 7.99. The fraction of sp³-hybridized carbons (Fsp3) is 0.214. The summed E-state index contributed by atoms with van der Waals surface area (Å²) >= 11 is 1.26. The Labute approximate surface area is 225 Å². The number of methoxy groups -OCH3 is 2. The second kappa shape index (κ2) is 12.3. The van der Waals surface area contributed by atoms with Gasteiger partial charge in [-0.05, 0) is 79.6 Å². The summed E-state index contributed by atoms with van der Waals surface area (Å²) in [5.74, 6) is 1.64. The van der Waals surface area contributed by atoms with Crippen LogP contribution in [-0.4, -0.2) is 46.6 Å². The normalized spacial score (nSPS) is 10.6. The lowest BCUT2D eigenvalue weighted by molar-refractivity contribution is -0.113. The van der Waals surface area contributed by atoms with Crippen LogP contribution in [0.3, 0.4) is 0 Å². The Morgan fingerprint density at radius 3 is 2.21 bits per heavy atom. The number of nitrogens with one attached hydrogen (secondary N) is 2. The van der Waals surface area contributed by atoms with E-state index in [0.29, 0.717) is 28.0 Å². The van der Waals surface area contributed by atoms with Crippen LogP contribution in [0.25, 0.3) is 5.69 Å². The number of hydrogen-bond donors (Lipinski definition) is 2. The highest BCUT2D eigenvalue weighted by atomic mass is 32.2. The average Bonchev–Trinajstić information content (AvgIpc) is 3.35. The zero-order chi connectivity index (χ0) is 27.1. The Kier molecular flexibility index (Phi) is 8.65. The van der Waals surface area contributed by atoms with Gasteiger partial charge in [0, 0.05) is 16.9 Å². The van der Waals surface area contributed by atoms with Gasteiger partial charge < -0.3 is 20.1 Å². The van der Waals surface area contributed by atoms with Crippen molar-refractivity contribution < 1.29 is 19.1 Å². The van der Waals surface area contributed by atoms with Crippen molar-refractivity contribution in [1.82, 2.24) is 20.1 Å². The topological polar surface area (TPSA) is 107 Å². The number of hydrogen-bond acceptors (Lipinski definition) is 7. The summed E-state index contributed by atoms with van der Waals surface area (Å²) in [6.45, 7) is 4.07. The fourth-order valence-electron chi connectivity index (χ4n) is 3.69. The SMILES string of the molecule is COc1ccc(C(=O)NCc2nnc(SCC(=O)Nc3cc(C)ccc3C)n2-c2ccc(OC)cc2)cc1. The molecule has 2 amide bonds. The second-order valence-electron chi connectivity index (χ2n) is 8.50. The van der Waals surface area contributed by atoms with Crippen molar-refractivity contribution >= 4 is 29.3 Å². The van der Waals surface area contributed by atoms with Crippen LogP contribution in [0.4, 0.5) is 5.69 Å². The van der Waals surface area contributed by atoms with Gasteiger partial charge in [-0.1, -0.05) is 23.9 Å². The number of ether oxygens (including phenoxy) is 2. The van der Waals surface area contributed by atoms with E-state index in [1.54, 1.807) is 38.5 Å². The first-order chi connectivity index (χ1) is 18.4.